The van der Waals surface area contributed by atoms with Gasteiger partial charge >= 0.3 is 0 Å². The fourth-order valence-corrected chi connectivity index (χ4v) is 4.03. The van der Waals surface area contributed by atoms with Gasteiger partial charge in [0.05, 0.1) is 31.5 Å². The van der Waals surface area contributed by atoms with E-state index in [1.165, 1.54) is 19.2 Å². The SMILES string of the molecule is CCC1c2cc(F)ccc2-c2ccccc2N1C(=O)c1ccc(OC)cc1OC. The van der Waals surface area contributed by atoms with Crippen LogP contribution in [0.2, 0.25) is 0 Å². The van der Waals surface area contributed by atoms with Crippen molar-refractivity contribution in [1.82, 2.24) is 0 Å². The lowest BCUT2D eigenvalue weighted by Crippen LogP contribution is -2.37. The Balaban J connectivity index is 1.90. The summed E-state index contributed by atoms with van der Waals surface area (Å²) < 4.78 is 24.8. The number of hydrogen-bond donors (Lipinski definition) is 0. The van der Waals surface area contributed by atoms with E-state index in [0.717, 1.165) is 22.4 Å². The van der Waals surface area contributed by atoms with E-state index in [1.807, 2.05) is 31.2 Å². The van der Waals surface area contributed by atoms with Gasteiger partial charge in [-0.2, -0.15) is 0 Å². The molecule has 5 heteroatoms. The van der Waals surface area contributed by atoms with Crippen molar-refractivity contribution in [3.63, 3.8) is 0 Å². The predicted octanol–water partition coefficient (Wildman–Crippen LogP) is 5.62. The highest BCUT2D eigenvalue weighted by Gasteiger charge is 2.35. The summed E-state index contributed by atoms with van der Waals surface area (Å²) in [5, 5.41) is 0. The molecule has 1 unspecified atom stereocenters. The van der Waals surface area contributed by atoms with E-state index in [0.29, 0.717) is 23.5 Å². The second-order valence-electron chi connectivity index (χ2n) is 6.91. The Hall–Kier alpha value is -3.34. The van der Waals surface area contributed by atoms with Crippen molar-refractivity contribution in [3.05, 3.63) is 77.6 Å². The van der Waals surface area contributed by atoms with Crippen molar-refractivity contribution < 1.29 is 18.7 Å². The lowest BCUT2D eigenvalue weighted by atomic mass is 9.86. The smallest absolute Gasteiger partial charge is 0.262 e. The number of para-hydroxylation sites is 1. The summed E-state index contributed by atoms with van der Waals surface area (Å²) in [7, 11) is 3.09. The maximum absolute atomic E-state index is 14.1. The molecule has 0 saturated carbocycles. The van der Waals surface area contributed by atoms with Gasteiger partial charge in [0.15, 0.2) is 0 Å². The molecular weight excluding hydrogens is 369 g/mol. The third-order valence-corrected chi connectivity index (χ3v) is 5.38. The summed E-state index contributed by atoms with van der Waals surface area (Å²) in [6.45, 7) is 2.00. The number of amides is 1. The number of methoxy groups -OCH3 is 2. The highest BCUT2D eigenvalue weighted by molar-refractivity contribution is 6.11. The second-order valence-corrected chi connectivity index (χ2v) is 6.91. The van der Waals surface area contributed by atoms with E-state index in [4.69, 9.17) is 9.47 Å². The summed E-state index contributed by atoms with van der Waals surface area (Å²) >= 11 is 0. The normalized spacial score (nSPS) is 14.8. The van der Waals surface area contributed by atoms with Crippen LogP contribution >= 0.6 is 0 Å². The molecule has 1 atom stereocenters. The minimum absolute atomic E-state index is 0.196. The maximum Gasteiger partial charge on any atom is 0.262 e. The number of benzene rings is 3. The van der Waals surface area contributed by atoms with Gasteiger partial charge in [-0.05, 0) is 47.9 Å². The van der Waals surface area contributed by atoms with E-state index in [2.05, 4.69) is 0 Å². The monoisotopic (exact) mass is 391 g/mol. The van der Waals surface area contributed by atoms with Crippen LogP contribution in [0.3, 0.4) is 0 Å². The minimum Gasteiger partial charge on any atom is -0.497 e. The summed E-state index contributed by atoms with van der Waals surface area (Å²) in [5.74, 6) is 0.540. The molecule has 1 aliphatic rings. The number of rotatable bonds is 4. The summed E-state index contributed by atoms with van der Waals surface area (Å²) in [6.07, 6.45) is 0.648. The molecule has 4 nitrogen and oxygen atoms in total. The third-order valence-electron chi connectivity index (χ3n) is 5.38. The molecule has 29 heavy (non-hydrogen) atoms. The van der Waals surface area contributed by atoms with Crippen LogP contribution in [0.1, 0.15) is 35.3 Å². The maximum atomic E-state index is 14.1. The number of anilines is 1. The van der Waals surface area contributed by atoms with Gasteiger partial charge in [0.2, 0.25) is 0 Å². The van der Waals surface area contributed by atoms with E-state index in [1.54, 1.807) is 36.3 Å². The van der Waals surface area contributed by atoms with Crippen molar-refractivity contribution in [2.75, 3.05) is 19.1 Å². The van der Waals surface area contributed by atoms with Gasteiger partial charge in [-0.15, -0.1) is 0 Å². The zero-order chi connectivity index (χ0) is 20.5. The predicted molar refractivity (Wildman–Crippen MR) is 111 cm³/mol. The van der Waals surface area contributed by atoms with Gasteiger partial charge in [-0.3, -0.25) is 4.79 Å². The standard InChI is InChI=1S/C24H22FNO3/c1-4-21-20-13-15(25)9-11-17(20)18-7-5-6-8-22(18)26(21)24(27)19-12-10-16(28-2)14-23(19)29-3/h5-14,21H,4H2,1-3H3. The molecule has 0 fully saturated rings. The first kappa shape index (κ1) is 19.0. The van der Waals surface area contributed by atoms with Crippen LogP contribution in [0.25, 0.3) is 11.1 Å². The number of ether oxygens (including phenoxy) is 2. The van der Waals surface area contributed by atoms with Gasteiger partial charge < -0.3 is 14.4 Å². The van der Waals surface area contributed by atoms with E-state index < -0.39 is 0 Å². The van der Waals surface area contributed by atoms with E-state index in [-0.39, 0.29) is 17.8 Å². The van der Waals surface area contributed by atoms with Crippen LogP contribution in [0.5, 0.6) is 11.5 Å². The Bertz CT molecular complexity index is 1080. The second kappa shape index (κ2) is 7.59. The van der Waals surface area contributed by atoms with Crippen molar-refractivity contribution in [3.8, 4) is 22.6 Å². The van der Waals surface area contributed by atoms with Crippen LogP contribution in [-0.4, -0.2) is 20.1 Å². The van der Waals surface area contributed by atoms with Crippen LogP contribution in [-0.2, 0) is 0 Å². The van der Waals surface area contributed by atoms with Crippen molar-refractivity contribution in [2.45, 2.75) is 19.4 Å². The van der Waals surface area contributed by atoms with Gasteiger partial charge in [0.1, 0.15) is 17.3 Å². The lowest BCUT2D eigenvalue weighted by Gasteiger charge is -2.38. The molecule has 0 radical (unpaired) electrons. The number of halogens is 1. The van der Waals surface area contributed by atoms with Crippen LogP contribution < -0.4 is 14.4 Å². The molecule has 4 rings (SSSR count). The molecule has 3 aromatic rings. The molecule has 1 heterocycles. The summed E-state index contributed by atoms with van der Waals surface area (Å²) in [5.41, 5.74) is 3.92. The average molecular weight is 391 g/mol. The molecule has 148 valence electrons. The molecule has 0 spiro atoms. The van der Waals surface area contributed by atoms with Crippen LogP contribution in [0.4, 0.5) is 10.1 Å². The molecule has 0 N–H and O–H groups in total. The molecular formula is C24H22FNO3. The number of carbonyl (C=O) groups is 1. The average Bonchev–Trinajstić information content (AvgIpc) is 2.76. The number of carbonyl (C=O) groups excluding carboxylic acids is 1. The van der Waals surface area contributed by atoms with E-state index >= 15 is 0 Å². The first-order valence-electron chi connectivity index (χ1n) is 9.53. The largest absolute Gasteiger partial charge is 0.497 e. The first-order valence-corrected chi connectivity index (χ1v) is 9.53. The highest BCUT2D eigenvalue weighted by atomic mass is 19.1. The Kier molecular flexibility index (Phi) is 4.97. The molecule has 1 aliphatic heterocycles. The van der Waals surface area contributed by atoms with Crippen LogP contribution in [0.15, 0.2) is 60.7 Å². The fraction of sp³-hybridized carbons (Fsp3) is 0.208. The lowest BCUT2D eigenvalue weighted by molar-refractivity contribution is 0.0972. The van der Waals surface area contributed by atoms with Crippen molar-refractivity contribution >= 4 is 11.6 Å². The quantitative estimate of drug-likeness (QED) is 0.579. The summed E-state index contributed by atoms with van der Waals surface area (Å²) in [4.78, 5) is 15.5. The van der Waals surface area contributed by atoms with Crippen LogP contribution in [0, 0.1) is 5.82 Å². The molecule has 0 aliphatic carbocycles. The van der Waals surface area contributed by atoms with Gasteiger partial charge in [0.25, 0.3) is 5.91 Å². The number of hydrogen-bond acceptors (Lipinski definition) is 3. The zero-order valence-corrected chi connectivity index (χ0v) is 16.6. The van der Waals surface area contributed by atoms with Gasteiger partial charge in [0, 0.05) is 11.6 Å². The molecule has 0 bridgehead atoms. The molecule has 0 saturated heterocycles. The fourth-order valence-electron chi connectivity index (χ4n) is 4.03. The van der Waals surface area contributed by atoms with Crippen molar-refractivity contribution in [2.24, 2.45) is 0 Å². The third kappa shape index (κ3) is 3.12. The van der Waals surface area contributed by atoms with Crippen molar-refractivity contribution in [1.29, 1.82) is 0 Å². The number of nitrogens with zero attached hydrogens (tertiary/aromatic N) is 1. The molecule has 0 aromatic heterocycles. The zero-order valence-electron chi connectivity index (χ0n) is 16.6. The number of fused-ring (bicyclic) bond motifs is 3. The highest BCUT2D eigenvalue weighted by Crippen LogP contribution is 2.47. The van der Waals surface area contributed by atoms with Gasteiger partial charge in [-0.25, -0.2) is 4.39 Å². The van der Waals surface area contributed by atoms with E-state index in [9.17, 15) is 9.18 Å². The Morgan fingerprint density at radius 3 is 2.52 bits per heavy atom. The minimum atomic E-state index is -0.309. The molecule has 1 amide bonds. The first-order chi connectivity index (χ1) is 14.1. The Morgan fingerprint density at radius 2 is 1.79 bits per heavy atom. The van der Waals surface area contributed by atoms with Gasteiger partial charge in [-0.1, -0.05) is 31.2 Å². The summed E-state index contributed by atoms with van der Waals surface area (Å²) in [6, 6.07) is 17.4. The molecule has 3 aromatic carbocycles. The Morgan fingerprint density at radius 1 is 1.00 bits per heavy atom. The topological polar surface area (TPSA) is 38.8 Å². The Labute approximate surface area is 169 Å².